The number of furan rings is 1. The zero-order chi connectivity index (χ0) is 31.4. The zero-order valence-electron chi connectivity index (χ0n) is 25.6. The van der Waals surface area contributed by atoms with E-state index in [2.05, 4.69) is 0 Å². The van der Waals surface area contributed by atoms with Gasteiger partial charge in [-0.25, -0.2) is 0 Å². The topological polar surface area (TPSA) is 101 Å². The van der Waals surface area contributed by atoms with Gasteiger partial charge in [-0.1, -0.05) is 60.7 Å². The minimum Gasteiger partial charge on any atom is -0.507 e. The van der Waals surface area contributed by atoms with Gasteiger partial charge in [-0.15, -0.1) is 0 Å². The molecule has 0 amide bonds. The number of hydrogen-bond donors (Lipinski definition) is 1. The summed E-state index contributed by atoms with van der Waals surface area (Å²) in [6.45, 7) is 4.38. The van der Waals surface area contributed by atoms with Crippen LogP contribution in [0.5, 0.6) is 17.2 Å². The molecule has 6 rings (SSSR count). The fraction of sp³-hybridized carbons (Fsp3) is 0.270. The lowest BCUT2D eigenvalue weighted by Crippen LogP contribution is -2.15. The Kier molecular flexibility index (Phi) is 10.9. The summed E-state index contributed by atoms with van der Waals surface area (Å²) >= 11 is 0. The summed E-state index contributed by atoms with van der Waals surface area (Å²) in [4.78, 5) is 4.76. The summed E-state index contributed by atoms with van der Waals surface area (Å²) in [7, 11) is 0. The Morgan fingerprint density at radius 1 is 0.565 bits per heavy atom. The molecule has 0 saturated carbocycles. The van der Waals surface area contributed by atoms with Crippen LogP contribution >= 0.6 is 0 Å². The Bertz CT molecular complexity index is 1720. The number of hydrogen-bond acceptors (Lipinski definition) is 9. The summed E-state index contributed by atoms with van der Waals surface area (Å²) in [5.74, 6) is 1.92. The van der Waals surface area contributed by atoms with E-state index in [9.17, 15) is 5.11 Å². The van der Waals surface area contributed by atoms with Crippen LogP contribution in [0.25, 0.3) is 33.4 Å². The molecule has 9 heteroatoms. The third kappa shape index (κ3) is 7.94. The molecule has 46 heavy (non-hydrogen) atoms. The van der Waals surface area contributed by atoms with Crippen LogP contribution in [0.2, 0.25) is 0 Å². The highest BCUT2D eigenvalue weighted by atomic mass is 16.6. The number of fused-ring (bicyclic) bond motifs is 2. The number of nitrogens with zero attached hydrogens (tertiary/aromatic N) is 1. The van der Waals surface area contributed by atoms with Crippen molar-refractivity contribution in [2.75, 3.05) is 66.1 Å². The molecular formula is C37H37NO8. The van der Waals surface area contributed by atoms with E-state index in [1.54, 1.807) is 18.3 Å². The highest BCUT2D eigenvalue weighted by Gasteiger charge is 2.21. The van der Waals surface area contributed by atoms with Gasteiger partial charge in [0.1, 0.15) is 30.3 Å². The van der Waals surface area contributed by atoms with E-state index in [0.717, 1.165) is 27.8 Å². The molecular weight excluding hydrogens is 586 g/mol. The molecule has 1 aliphatic heterocycles. The van der Waals surface area contributed by atoms with Gasteiger partial charge < -0.3 is 37.9 Å². The van der Waals surface area contributed by atoms with Gasteiger partial charge in [0, 0.05) is 34.4 Å². The zero-order valence-corrected chi connectivity index (χ0v) is 25.6. The van der Waals surface area contributed by atoms with Crippen molar-refractivity contribution in [2.45, 2.75) is 0 Å². The highest BCUT2D eigenvalue weighted by Crippen LogP contribution is 2.44. The number of aliphatic imine (C=N–C) groups is 1. The first-order valence-corrected chi connectivity index (χ1v) is 15.4. The van der Waals surface area contributed by atoms with E-state index in [4.69, 9.17) is 37.8 Å². The van der Waals surface area contributed by atoms with Crippen molar-refractivity contribution in [3.05, 3.63) is 96.6 Å². The van der Waals surface area contributed by atoms with Crippen LogP contribution in [0.3, 0.4) is 0 Å². The second-order valence-corrected chi connectivity index (χ2v) is 10.4. The van der Waals surface area contributed by atoms with Crippen molar-refractivity contribution in [3.63, 3.8) is 0 Å². The lowest BCUT2D eigenvalue weighted by atomic mass is 9.96. The van der Waals surface area contributed by atoms with Crippen LogP contribution in [0.4, 0.5) is 5.69 Å². The largest absolute Gasteiger partial charge is 0.507 e. The second-order valence-electron chi connectivity index (χ2n) is 10.4. The van der Waals surface area contributed by atoms with E-state index in [1.165, 1.54) is 0 Å². The molecule has 4 aromatic carbocycles. The normalized spacial score (nSPS) is 15.8. The molecule has 9 nitrogen and oxygen atoms in total. The van der Waals surface area contributed by atoms with Crippen molar-refractivity contribution in [3.8, 4) is 39.7 Å². The van der Waals surface area contributed by atoms with Gasteiger partial charge in [0.05, 0.1) is 58.5 Å². The average molecular weight is 624 g/mol. The third-order valence-electron chi connectivity index (χ3n) is 7.33. The number of benzene rings is 4. The Balaban J connectivity index is 1.30. The predicted octanol–water partition coefficient (Wildman–Crippen LogP) is 7.06. The molecule has 238 valence electrons. The molecule has 0 atom stereocenters. The molecule has 5 aromatic rings. The number of aromatic hydroxyl groups is 1. The molecule has 0 fully saturated rings. The maximum Gasteiger partial charge on any atom is 0.163 e. The van der Waals surface area contributed by atoms with E-state index >= 15 is 0 Å². The summed E-state index contributed by atoms with van der Waals surface area (Å²) in [5.41, 5.74) is 4.62. The van der Waals surface area contributed by atoms with Gasteiger partial charge in [-0.05, 0) is 29.8 Å². The molecule has 0 saturated heterocycles. The number of phenols is 1. The van der Waals surface area contributed by atoms with Crippen LogP contribution in [0, 0.1) is 0 Å². The van der Waals surface area contributed by atoms with Crippen LogP contribution in [-0.4, -0.2) is 77.4 Å². The molecule has 1 N–H and O–H groups in total. The minimum atomic E-state index is 0.0939. The van der Waals surface area contributed by atoms with Crippen molar-refractivity contribution < 1.29 is 37.9 Å². The summed E-state index contributed by atoms with van der Waals surface area (Å²) in [6, 6.07) is 28.9. The van der Waals surface area contributed by atoms with Gasteiger partial charge in [0.15, 0.2) is 11.5 Å². The van der Waals surface area contributed by atoms with Gasteiger partial charge in [0.2, 0.25) is 0 Å². The van der Waals surface area contributed by atoms with Crippen LogP contribution in [0.15, 0.2) is 100 Å². The molecule has 1 aromatic heterocycles. The Labute approximate surface area is 267 Å². The summed E-state index contributed by atoms with van der Waals surface area (Å²) in [5, 5.41) is 11.9. The van der Waals surface area contributed by atoms with Gasteiger partial charge in [-0.3, -0.25) is 4.99 Å². The van der Waals surface area contributed by atoms with Crippen LogP contribution in [0.1, 0.15) is 5.56 Å². The number of ether oxygens (including phenoxy) is 6. The lowest BCUT2D eigenvalue weighted by molar-refractivity contribution is -0.00841. The average Bonchev–Trinajstić information content (AvgIpc) is 3.48. The van der Waals surface area contributed by atoms with Crippen molar-refractivity contribution in [1.29, 1.82) is 0 Å². The number of rotatable bonds is 4. The molecule has 0 bridgehead atoms. The molecule has 0 aliphatic carbocycles. The first kappa shape index (κ1) is 31.3. The highest BCUT2D eigenvalue weighted by molar-refractivity contribution is 6.12. The fourth-order valence-electron chi connectivity index (χ4n) is 5.14. The van der Waals surface area contributed by atoms with Gasteiger partial charge in [0.25, 0.3) is 0 Å². The smallest absolute Gasteiger partial charge is 0.163 e. The van der Waals surface area contributed by atoms with Gasteiger partial charge >= 0.3 is 0 Å². The summed E-state index contributed by atoms with van der Waals surface area (Å²) in [6.07, 6.45) is 1.66. The van der Waals surface area contributed by atoms with Crippen LogP contribution < -0.4 is 9.47 Å². The summed E-state index contributed by atoms with van der Waals surface area (Å²) < 4.78 is 40.7. The monoisotopic (exact) mass is 623 g/mol. The maximum absolute atomic E-state index is 11.1. The molecule has 0 radical (unpaired) electrons. The van der Waals surface area contributed by atoms with E-state index in [-0.39, 0.29) is 5.75 Å². The minimum absolute atomic E-state index is 0.0939. The van der Waals surface area contributed by atoms with E-state index in [1.807, 2.05) is 78.9 Å². The Morgan fingerprint density at radius 3 is 1.76 bits per heavy atom. The Morgan fingerprint density at radius 2 is 1.13 bits per heavy atom. The standard InChI is InChI=1S/C37H37NO8/c39-31-12-14-33-36(35(27-7-3-1-4-8-27)37(46-33)28-9-5-2-6-10-28)30(31)26-38-29-11-13-32-34(25-29)45-24-22-43-20-18-41-16-15-40-17-19-42-21-23-44-32/h1-14,25-26,39H,15-24H2. The Hall–Kier alpha value is -4.67. The predicted molar refractivity (Wildman–Crippen MR) is 177 cm³/mol. The van der Waals surface area contributed by atoms with Crippen molar-refractivity contribution in [1.82, 2.24) is 0 Å². The van der Waals surface area contributed by atoms with Crippen molar-refractivity contribution in [2.24, 2.45) is 4.99 Å². The maximum atomic E-state index is 11.1. The molecule has 1 aliphatic rings. The fourth-order valence-corrected chi connectivity index (χ4v) is 5.14. The number of phenolic OH excluding ortho intramolecular Hbond substituents is 1. The quantitative estimate of drug-likeness (QED) is 0.212. The molecule has 0 unspecified atom stereocenters. The second kappa shape index (κ2) is 16.1. The van der Waals surface area contributed by atoms with Crippen LogP contribution in [-0.2, 0) is 18.9 Å². The van der Waals surface area contributed by atoms with Crippen molar-refractivity contribution >= 4 is 22.9 Å². The molecule has 2 heterocycles. The first-order valence-electron chi connectivity index (χ1n) is 15.4. The van der Waals surface area contributed by atoms with E-state index < -0.39 is 0 Å². The van der Waals surface area contributed by atoms with E-state index in [0.29, 0.717) is 94.4 Å². The molecule has 0 spiro atoms. The SMILES string of the molecule is Oc1ccc2oc(-c3ccccc3)c(-c3ccccc3)c2c1C=Nc1ccc2c(c1)OCCOCCOCCOCCOCCO2. The third-order valence-corrected chi connectivity index (χ3v) is 7.33. The lowest BCUT2D eigenvalue weighted by Gasteiger charge is -2.14. The van der Waals surface area contributed by atoms with Gasteiger partial charge in [-0.2, -0.15) is 0 Å². The first-order chi connectivity index (χ1) is 22.8.